The highest BCUT2D eigenvalue weighted by atomic mass is 32.1. The molecule has 0 radical (unpaired) electrons. The number of amides is 2. The number of carbonyl (C=O) groups excluding carboxylic acids is 2. The van der Waals surface area contributed by atoms with Crippen molar-refractivity contribution in [2.24, 2.45) is 5.92 Å². The number of aromatic nitrogens is 1. The normalized spacial score (nSPS) is 26.4. The van der Waals surface area contributed by atoms with E-state index in [0.717, 1.165) is 0 Å². The second-order valence-corrected chi connectivity index (χ2v) is 7.19. The van der Waals surface area contributed by atoms with E-state index in [1.54, 1.807) is 23.7 Å². The first-order valence-corrected chi connectivity index (χ1v) is 9.56. The van der Waals surface area contributed by atoms with Crippen LogP contribution < -0.4 is 10.6 Å². The molecule has 0 spiro atoms. The van der Waals surface area contributed by atoms with Crippen LogP contribution in [0.5, 0.6) is 0 Å². The van der Waals surface area contributed by atoms with Crippen molar-refractivity contribution in [2.75, 3.05) is 25.1 Å². The van der Waals surface area contributed by atoms with Crippen LogP contribution in [0, 0.1) is 5.92 Å². The molecule has 3 N–H and O–H groups in total. The summed E-state index contributed by atoms with van der Waals surface area (Å²) >= 11 is 1.34. The number of ether oxygens (including phenoxy) is 2. The third-order valence-corrected chi connectivity index (χ3v) is 5.12. The Kier molecular flexibility index (Phi) is 6.73. The largest absolute Gasteiger partial charge is 0.394 e. The lowest BCUT2D eigenvalue weighted by Crippen LogP contribution is -2.50. The minimum Gasteiger partial charge on any atom is -0.394 e. The standard InChI is InChI=1S/C17H23N3O5S/c21-10-14-13(19-16(23)11-3-6-24-7-4-11)2-1-12(25-14)9-15(22)20-17-18-5-8-26-17/h1-2,5,8,11-14,21H,3-4,6-7,9-10H2,(H,19,23)(H,18,20,22)/t12-,13+,14-/m1/s1. The van der Waals surface area contributed by atoms with Gasteiger partial charge in [0.2, 0.25) is 11.8 Å². The number of hydrogen-bond donors (Lipinski definition) is 3. The van der Waals surface area contributed by atoms with Crippen molar-refractivity contribution in [3.63, 3.8) is 0 Å². The molecular weight excluding hydrogens is 358 g/mol. The summed E-state index contributed by atoms with van der Waals surface area (Å²) in [6.45, 7) is 0.942. The second kappa shape index (κ2) is 9.22. The maximum Gasteiger partial charge on any atom is 0.229 e. The summed E-state index contributed by atoms with van der Waals surface area (Å²) in [7, 11) is 0. The first-order valence-electron chi connectivity index (χ1n) is 8.68. The third kappa shape index (κ3) is 5.10. The van der Waals surface area contributed by atoms with Gasteiger partial charge in [0.1, 0.15) is 6.10 Å². The van der Waals surface area contributed by atoms with Crippen molar-refractivity contribution in [3.05, 3.63) is 23.7 Å². The summed E-state index contributed by atoms with van der Waals surface area (Å²) < 4.78 is 11.0. The van der Waals surface area contributed by atoms with E-state index < -0.39 is 18.2 Å². The Bertz CT molecular complexity index is 630. The lowest BCUT2D eigenvalue weighted by Gasteiger charge is -2.33. The molecule has 0 bridgehead atoms. The van der Waals surface area contributed by atoms with Crippen LogP contribution in [0.4, 0.5) is 5.13 Å². The molecule has 3 heterocycles. The van der Waals surface area contributed by atoms with E-state index in [9.17, 15) is 14.7 Å². The summed E-state index contributed by atoms with van der Waals surface area (Å²) in [4.78, 5) is 28.4. The maximum absolute atomic E-state index is 12.4. The fraction of sp³-hybridized carbons (Fsp3) is 0.588. The molecule has 0 unspecified atom stereocenters. The van der Waals surface area contributed by atoms with Crippen LogP contribution in [-0.4, -0.2) is 60.0 Å². The van der Waals surface area contributed by atoms with Crippen LogP contribution in [0.2, 0.25) is 0 Å². The second-order valence-electron chi connectivity index (χ2n) is 6.29. The highest BCUT2D eigenvalue weighted by Crippen LogP contribution is 2.19. The molecule has 1 fully saturated rings. The van der Waals surface area contributed by atoms with Gasteiger partial charge in [0.05, 0.1) is 25.2 Å². The Morgan fingerprint density at radius 2 is 2.12 bits per heavy atom. The van der Waals surface area contributed by atoms with Crippen LogP contribution in [0.1, 0.15) is 19.3 Å². The average molecular weight is 381 g/mol. The number of rotatable bonds is 6. The van der Waals surface area contributed by atoms with Gasteiger partial charge in [0.15, 0.2) is 5.13 Å². The molecular formula is C17H23N3O5S. The molecule has 142 valence electrons. The van der Waals surface area contributed by atoms with Crippen molar-refractivity contribution in [1.82, 2.24) is 10.3 Å². The summed E-state index contributed by atoms with van der Waals surface area (Å²) in [5, 5.41) is 17.5. The molecule has 2 aliphatic heterocycles. The number of aliphatic hydroxyl groups is 1. The average Bonchev–Trinajstić information content (AvgIpc) is 3.16. The lowest BCUT2D eigenvalue weighted by molar-refractivity contribution is -0.131. The molecule has 2 aliphatic rings. The van der Waals surface area contributed by atoms with Crippen LogP contribution >= 0.6 is 11.3 Å². The van der Waals surface area contributed by atoms with Gasteiger partial charge in [-0.2, -0.15) is 0 Å². The van der Waals surface area contributed by atoms with Crippen LogP contribution in [0.3, 0.4) is 0 Å². The van der Waals surface area contributed by atoms with Gasteiger partial charge in [-0.25, -0.2) is 4.98 Å². The van der Waals surface area contributed by atoms with E-state index in [0.29, 0.717) is 31.2 Å². The topological polar surface area (TPSA) is 110 Å². The zero-order valence-electron chi connectivity index (χ0n) is 14.3. The molecule has 0 saturated carbocycles. The number of nitrogens with zero attached hydrogens (tertiary/aromatic N) is 1. The van der Waals surface area contributed by atoms with Crippen LogP contribution in [0.15, 0.2) is 23.7 Å². The molecule has 0 aromatic carbocycles. The third-order valence-electron chi connectivity index (χ3n) is 4.43. The van der Waals surface area contributed by atoms with Gasteiger partial charge >= 0.3 is 0 Å². The van der Waals surface area contributed by atoms with Gasteiger partial charge in [0, 0.05) is 30.7 Å². The van der Waals surface area contributed by atoms with Gasteiger partial charge in [-0.1, -0.05) is 12.2 Å². The minimum atomic E-state index is -0.582. The molecule has 2 amide bonds. The molecule has 1 aromatic rings. The van der Waals surface area contributed by atoms with Crippen molar-refractivity contribution in [2.45, 2.75) is 37.5 Å². The smallest absolute Gasteiger partial charge is 0.229 e. The first-order chi connectivity index (χ1) is 12.7. The highest BCUT2D eigenvalue weighted by Gasteiger charge is 2.31. The Labute approximate surface area is 155 Å². The number of thiazole rings is 1. The Balaban J connectivity index is 1.52. The summed E-state index contributed by atoms with van der Waals surface area (Å²) in [5.74, 6) is -0.334. The number of anilines is 1. The van der Waals surface area contributed by atoms with Gasteiger partial charge in [-0.05, 0) is 12.8 Å². The summed E-state index contributed by atoms with van der Waals surface area (Å²) in [5.41, 5.74) is 0. The van der Waals surface area contributed by atoms with E-state index in [4.69, 9.17) is 9.47 Å². The molecule has 9 heteroatoms. The zero-order valence-corrected chi connectivity index (χ0v) is 15.1. The lowest BCUT2D eigenvalue weighted by atomic mass is 9.97. The SMILES string of the molecule is O=C(C[C@H]1C=C[C@H](NC(=O)C2CCOCC2)[C@@H](CO)O1)Nc1nccs1. The molecule has 3 rings (SSSR count). The molecule has 1 saturated heterocycles. The summed E-state index contributed by atoms with van der Waals surface area (Å²) in [6.07, 6.45) is 5.65. The number of carbonyl (C=O) groups is 2. The van der Waals surface area contributed by atoms with Crippen LogP contribution in [-0.2, 0) is 19.1 Å². The Morgan fingerprint density at radius 1 is 1.31 bits per heavy atom. The van der Waals surface area contributed by atoms with Gasteiger partial charge in [-0.3, -0.25) is 9.59 Å². The van der Waals surface area contributed by atoms with Gasteiger partial charge in [-0.15, -0.1) is 11.3 Å². The fourth-order valence-corrected chi connectivity index (χ4v) is 3.56. The van der Waals surface area contributed by atoms with Crippen molar-refractivity contribution >= 4 is 28.3 Å². The van der Waals surface area contributed by atoms with Crippen molar-refractivity contribution in [1.29, 1.82) is 0 Å². The molecule has 26 heavy (non-hydrogen) atoms. The predicted octanol–water partition coefficient (Wildman–Crippen LogP) is 0.699. The van der Waals surface area contributed by atoms with E-state index in [-0.39, 0.29) is 30.8 Å². The molecule has 1 aromatic heterocycles. The highest BCUT2D eigenvalue weighted by molar-refractivity contribution is 7.13. The molecule has 0 aliphatic carbocycles. The Morgan fingerprint density at radius 3 is 2.81 bits per heavy atom. The molecule has 8 nitrogen and oxygen atoms in total. The van der Waals surface area contributed by atoms with E-state index in [1.165, 1.54) is 11.3 Å². The number of nitrogens with one attached hydrogen (secondary N) is 2. The molecule has 3 atom stereocenters. The van der Waals surface area contributed by atoms with Crippen LogP contribution in [0.25, 0.3) is 0 Å². The minimum absolute atomic E-state index is 0.0510. The van der Waals surface area contributed by atoms with Crippen molar-refractivity contribution in [3.8, 4) is 0 Å². The fourth-order valence-electron chi connectivity index (χ4n) is 3.02. The van der Waals surface area contributed by atoms with Crippen molar-refractivity contribution < 1.29 is 24.2 Å². The quantitative estimate of drug-likeness (QED) is 0.626. The van der Waals surface area contributed by atoms with E-state index >= 15 is 0 Å². The summed E-state index contributed by atoms with van der Waals surface area (Å²) in [6, 6.07) is -0.409. The number of hydrogen-bond acceptors (Lipinski definition) is 7. The van der Waals surface area contributed by atoms with Gasteiger partial charge < -0.3 is 25.2 Å². The maximum atomic E-state index is 12.4. The zero-order chi connectivity index (χ0) is 18.4. The van der Waals surface area contributed by atoms with E-state index in [1.807, 2.05) is 0 Å². The van der Waals surface area contributed by atoms with E-state index in [2.05, 4.69) is 15.6 Å². The first kappa shape index (κ1) is 19.0. The number of aliphatic hydroxyl groups excluding tert-OH is 1. The van der Waals surface area contributed by atoms with Gasteiger partial charge in [0.25, 0.3) is 0 Å². The predicted molar refractivity (Wildman–Crippen MR) is 95.7 cm³/mol. The monoisotopic (exact) mass is 381 g/mol. The Hall–Kier alpha value is -1.81.